The normalized spacial score (nSPS) is 18.5. The van der Waals surface area contributed by atoms with E-state index in [2.05, 4.69) is 19.2 Å². The number of hydrogen-bond donors (Lipinski definition) is 1. The zero-order valence-corrected chi connectivity index (χ0v) is 21.0. The number of amides is 1. The third-order valence-electron chi connectivity index (χ3n) is 6.87. The summed E-state index contributed by atoms with van der Waals surface area (Å²) in [6, 6.07) is 21.7. The first-order chi connectivity index (χ1) is 17.3. The molecule has 2 aliphatic rings. The number of fused-ring (bicyclic) bond motifs is 1. The Hall–Kier alpha value is -4.06. The zero-order chi connectivity index (χ0) is 25.4. The number of ketones is 1. The van der Waals surface area contributed by atoms with Crippen molar-refractivity contribution >= 4 is 23.1 Å². The molecule has 1 atom stereocenters. The number of carbonyl (C=O) groups excluding carboxylic acids is 2. The molecule has 1 aliphatic heterocycles. The second-order valence-electron chi connectivity index (χ2n) is 10.0. The molecule has 0 spiro atoms. The Morgan fingerprint density at radius 2 is 1.64 bits per heavy atom. The summed E-state index contributed by atoms with van der Waals surface area (Å²) >= 11 is 0. The Morgan fingerprint density at radius 1 is 0.917 bits per heavy atom. The Bertz CT molecular complexity index is 1360. The number of allylic oxidation sites excluding steroid dienone is 1. The van der Waals surface area contributed by atoms with E-state index in [1.54, 1.807) is 31.3 Å². The number of hydrogen-bond acceptors (Lipinski definition) is 5. The average molecular weight is 483 g/mol. The highest BCUT2D eigenvalue weighted by Crippen LogP contribution is 2.51. The van der Waals surface area contributed by atoms with E-state index in [0.717, 1.165) is 11.4 Å². The lowest BCUT2D eigenvalue weighted by molar-refractivity contribution is -0.118. The molecule has 3 aromatic rings. The minimum Gasteiger partial charge on any atom is -0.493 e. The maximum atomic E-state index is 14.3. The molecule has 1 N–H and O–H groups in total. The van der Waals surface area contributed by atoms with Crippen molar-refractivity contribution in [3.63, 3.8) is 0 Å². The fourth-order valence-corrected chi connectivity index (χ4v) is 5.35. The predicted molar refractivity (Wildman–Crippen MR) is 141 cm³/mol. The Morgan fingerprint density at radius 3 is 2.36 bits per heavy atom. The van der Waals surface area contributed by atoms with E-state index in [0.29, 0.717) is 46.7 Å². The van der Waals surface area contributed by atoms with Crippen molar-refractivity contribution in [2.45, 2.75) is 32.7 Å². The summed E-state index contributed by atoms with van der Waals surface area (Å²) in [6.07, 6.45) is 1.07. The second-order valence-corrected chi connectivity index (χ2v) is 10.0. The monoisotopic (exact) mass is 482 g/mol. The van der Waals surface area contributed by atoms with Crippen molar-refractivity contribution < 1.29 is 19.1 Å². The number of nitrogens with zero attached hydrogens (tertiary/aromatic N) is 1. The highest BCUT2D eigenvalue weighted by atomic mass is 16.5. The number of ether oxygens (including phenoxy) is 2. The second kappa shape index (κ2) is 9.19. The predicted octanol–water partition coefficient (Wildman–Crippen LogP) is 6.16. The van der Waals surface area contributed by atoms with Crippen molar-refractivity contribution in [1.82, 2.24) is 0 Å². The van der Waals surface area contributed by atoms with E-state index in [9.17, 15) is 9.59 Å². The van der Waals surface area contributed by atoms with Crippen LogP contribution >= 0.6 is 0 Å². The molecule has 36 heavy (non-hydrogen) atoms. The average Bonchev–Trinajstić information content (AvgIpc) is 3.01. The molecule has 0 saturated heterocycles. The number of nitrogens with one attached hydrogen (secondary N) is 1. The topological polar surface area (TPSA) is 67.9 Å². The van der Waals surface area contributed by atoms with Gasteiger partial charge in [0, 0.05) is 28.8 Å². The first kappa shape index (κ1) is 23.7. The zero-order valence-electron chi connectivity index (χ0n) is 21.0. The highest BCUT2D eigenvalue weighted by Gasteiger charge is 2.44. The van der Waals surface area contributed by atoms with Gasteiger partial charge in [0.25, 0.3) is 5.91 Å². The molecular formula is C30H30N2O4. The summed E-state index contributed by atoms with van der Waals surface area (Å²) < 4.78 is 11.4. The molecule has 0 radical (unpaired) electrons. The summed E-state index contributed by atoms with van der Waals surface area (Å²) in [5.41, 5.74) is 3.92. The van der Waals surface area contributed by atoms with E-state index in [4.69, 9.17) is 9.47 Å². The van der Waals surface area contributed by atoms with Crippen LogP contribution in [0.15, 0.2) is 84.1 Å². The van der Waals surface area contributed by atoms with Crippen LogP contribution in [0.4, 0.5) is 11.4 Å². The van der Waals surface area contributed by atoms with E-state index in [1.807, 2.05) is 60.7 Å². The van der Waals surface area contributed by atoms with Crippen LogP contribution in [0.5, 0.6) is 11.5 Å². The van der Waals surface area contributed by atoms with Gasteiger partial charge in [0.15, 0.2) is 17.3 Å². The minimum absolute atomic E-state index is 0.0160. The first-order valence-electron chi connectivity index (χ1n) is 12.1. The molecule has 1 amide bonds. The maximum absolute atomic E-state index is 14.3. The van der Waals surface area contributed by atoms with Crippen LogP contribution < -0.4 is 19.7 Å². The van der Waals surface area contributed by atoms with E-state index >= 15 is 0 Å². The fourth-order valence-electron chi connectivity index (χ4n) is 5.35. The van der Waals surface area contributed by atoms with Crippen molar-refractivity contribution in [3.05, 3.63) is 95.2 Å². The highest BCUT2D eigenvalue weighted by molar-refractivity contribution is 6.12. The molecule has 0 bridgehead atoms. The van der Waals surface area contributed by atoms with E-state index < -0.39 is 6.04 Å². The standard InChI is InChI=1S/C30H30N2O4/c1-30(2)17-22-26(24(33)18-30)27(20-13-10-16-25(35-3)28(20)36-4)32(23-15-9-8-14-21(23)31-22)29(34)19-11-6-5-7-12-19/h5-16,27,31H,17-18H2,1-4H3/t27-/m1/s1. The number of methoxy groups -OCH3 is 2. The number of anilines is 2. The summed E-state index contributed by atoms with van der Waals surface area (Å²) in [7, 11) is 3.16. The molecule has 5 rings (SSSR count). The van der Waals surface area contributed by atoms with Crippen LogP contribution in [-0.2, 0) is 4.79 Å². The third kappa shape index (κ3) is 4.02. The molecule has 6 heteroatoms. The van der Waals surface area contributed by atoms with Gasteiger partial charge in [-0.25, -0.2) is 0 Å². The fraction of sp³-hybridized carbons (Fsp3) is 0.267. The molecular weight excluding hydrogens is 452 g/mol. The first-order valence-corrected chi connectivity index (χ1v) is 12.1. The van der Waals surface area contributed by atoms with Gasteiger partial charge in [0.2, 0.25) is 0 Å². The lowest BCUT2D eigenvalue weighted by Crippen LogP contribution is -2.39. The van der Waals surface area contributed by atoms with Gasteiger partial charge in [-0.15, -0.1) is 0 Å². The van der Waals surface area contributed by atoms with Gasteiger partial charge >= 0.3 is 0 Å². The summed E-state index contributed by atoms with van der Waals surface area (Å²) in [5.74, 6) is 0.853. The van der Waals surface area contributed by atoms with Crippen LogP contribution in [0.2, 0.25) is 0 Å². The van der Waals surface area contributed by atoms with E-state index in [-0.39, 0.29) is 17.1 Å². The molecule has 184 valence electrons. The van der Waals surface area contributed by atoms with Gasteiger partial charge in [-0.1, -0.05) is 56.3 Å². The summed E-state index contributed by atoms with van der Waals surface area (Å²) in [5, 5.41) is 3.54. The largest absolute Gasteiger partial charge is 0.493 e. The number of Topliss-reactive ketones (excluding diaryl/α,β-unsaturated/α-hetero) is 1. The van der Waals surface area contributed by atoms with Crippen molar-refractivity contribution in [1.29, 1.82) is 0 Å². The van der Waals surface area contributed by atoms with Crippen molar-refractivity contribution in [2.24, 2.45) is 5.41 Å². The lowest BCUT2D eigenvalue weighted by atomic mass is 9.73. The molecule has 1 aliphatic carbocycles. The van der Waals surface area contributed by atoms with Crippen molar-refractivity contribution in [3.8, 4) is 11.5 Å². The molecule has 3 aromatic carbocycles. The van der Waals surface area contributed by atoms with Gasteiger partial charge in [-0.05, 0) is 42.2 Å². The smallest absolute Gasteiger partial charge is 0.259 e. The maximum Gasteiger partial charge on any atom is 0.259 e. The number of para-hydroxylation sites is 3. The van der Waals surface area contributed by atoms with Crippen LogP contribution in [-0.4, -0.2) is 25.9 Å². The van der Waals surface area contributed by atoms with E-state index in [1.165, 1.54) is 0 Å². The molecule has 0 fully saturated rings. The van der Waals surface area contributed by atoms with Gasteiger partial charge in [-0.2, -0.15) is 0 Å². The number of rotatable bonds is 4. The van der Waals surface area contributed by atoms with Crippen LogP contribution in [0.25, 0.3) is 0 Å². The quantitative estimate of drug-likeness (QED) is 0.482. The third-order valence-corrected chi connectivity index (χ3v) is 6.87. The minimum atomic E-state index is -0.711. The molecule has 0 saturated carbocycles. The Balaban J connectivity index is 1.84. The Kier molecular flexibility index (Phi) is 6.04. The lowest BCUT2D eigenvalue weighted by Gasteiger charge is -2.37. The molecule has 6 nitrogen and oxygen atoms in total. The molecule has 1 heterocycles. The van der Waals surface area contributed by atoms with Gasteiger partial charge in [0.05, 0.1) is 31.6 Å². The summed E-state index contributed by atoms with van der Waals surface area (Å²) in [6.45, 7) is 4.20. The Labute approximate surface area is 211 Å². The molecule has 0 aromatic heterocycles. The summed E-state index contributed by atoms with van der Waals surface area (Å²) in [4.78, 5) is 29.9. The number of carbonyl (C=O) groups is 2. The number of benzene rings is 3. The van der Waals surface area contributed by atoms with Crippen LogP contribution in [0.1, 0.15) is 48.7 Å². The van der Waals surface area contributed by atoms with Gasteiger partial charge in [-0.3, -0.25) is 14.5 Å². The molecule has 0 unspecified atom stereocenters. The van der Waals surface area contributed by atoms with Crippen LogP contribution in [0, 0.1) is 5.41 Å². The SMILES string of the molecule is COc1cccc([C@@H]2C3=C(CC(C)(C)CC3=O)Nc3ccccc3N2C(=O)c2ccccc2)c1OC. The van der Waals surface area contributed by atoms with Crippen LogP contribution in [0.3, 0.4) is 0 Å². The van der Waals surface area contributed by atoms with Crippen molar-refractivity contribution in [2.75, 3.05) is 24.4 Å². The van der Waals surface area contributed by atoms with Gasteiger partial charge in [0.1, 0.15) is 0 Å². The van der Waals surface area contributed by atoms with Gasteiger partial charge < -0.3 is 14.8 Å².